The van der Waals surface area contributed by atoms with Crippen molar-refractivity contribution < 1.29 is 23.8 Å². The molecule has 22 heavy (non-hydrogen) atoms. The fourth-order valence-corrected chi connectivity index (χ4v) is 2.80. The molecular formula is C15H18BrNO5. The maximum Gasteiger partial charge on any atom is 0.340 e. The second-order valence-corrected chi connectivity index (χ2v) is 5.75. The van der Waals surface area contributed by atoms with Crippen LogP contribution >= 0.6 is 15.9 Å². The van der Waals surface area contributed by atoms with Gasteiger partial charge in [0, 0.05) is 29.4 Å². The minimum Gasteiger partial charge on any atom is -0.465 e. The second kappa shape index (κ2) is 7.60. The average molecular weight is 372 g/mol. The number of ether oxygens (including phenoxy) is 3. The van der Waals surface area contributed by atoms with E-state index in [-0.39, 0.29) is 6.04 Å². The Hall–Kier alpha value is -1.60. The lowest BCUT2D eigenvalue weighted by atomic mass is 10.0. The molecule has 0 radical (unpaired) electrons. The van der Waals surface area contributed by atoms with Crippen molar-refractivity contribution in [1.82, 2.24) is 0 Å². The molecule has 120 valence electrons. The van der Waals surface area contributed by atoms with Gasteiger partial charge in [-0.2, -0.15) is 0 Å². The van der Waals surface area contributed by atoms with E-state index in [1.807, 2.05) is 0 Å². The first-order valence-electron chi connectivity index (χ1n) is 6.91. The smallest absolute Gasteiger partial charge is 0.340 e. The van der Waals surface area contributed by atoms with Gasteiger partial charge in [-0.25, -0.2) is 9.59 Å². The van der Waals surface area contributed by atoms with E-state index in [9.17, 15) is 9.59 Å². The van der Waals surface area contributed by atoms with Crippen LogP contribution < -0.4 is 5.32 Å². The summed E-state index contributed by atoms with van der Waals surface area (Å²) >= 11 is 3.29. The molecule has 6 nitrogen and oxygen atoms in total. The highest BCUT2D eigenvalue weighted by Crippen LogP contribution is 2.28. The normalized spacial score (nSPS) is 15.2. The molecule has 0 aliphatic carbocycles. The number of carbonyl (C=O) groups is 2. The van der Waals surface area contributed by atoms with Gasteiger partial charge in [0.2, 0.25) is 0 Å². The van der Waals surface area contributed by atoms with Crippen molar-refractivity contribution in [3.8, 4) is 0 Å². The van der Waals surface area contributed by atoms with E-state index in [0.29, 0.717) is 34.5 Å². The van der Waals surface area contributed by atoms with Crippen LogP contribution in [0.15, 0.2) is 16.6 Å². The van der Waals surface area contributed by atoms with Crippen LogP contribution in [0.5, 0.6) is 0 Å². The van der Waals surface area contributed by atoms with Crippen molar-refractivity contribution in [2.45, 2.75) is 18.9 Å². The zero-order valence-electron chi connectivity index (χ0n) is 12.5. The average Bonchev–Trinajstić information content (AvgIpc) is 2.55. The summed E-state index contributed by atoms with van der Waals surface area (Å²) < 4.78 is 15.4. The lowest BCUT2D eigenvalue weighted by Crippen LogP contribution is -2.28. The molecular weight excluding hydrogens is 354 g/mol. The molecule has 1 aliphatic heterocycles. The number of benzene rings is 1. The minimum absolute atomic E-state index is 0.184. The lowest BCUT2D eigenvalue weighted by molar-refractivity contribution is 0.0586. The van der Waals surface area contributed by atoms with Crippen LogP contribution in [0.4, 0.5) is 5.69 Å². The fraction of sp³-hybridized carbons (Fsp3) is 0.467. The summed E-state index contributed by atoms with van der Waals surface area (Å²) in [5.41, 5.74) is 1.28. The van der Waals surface area contributed by atoms with E-state index >= 15 is 0 Å². The van der Waals surface area contributed by atoms with Crippen molar-refractivity contribution in [2.24, 2.45) is 0 Å². The molecule has 1 heterocycles. The number of carbonyl (C=O) groups excluding carboxylic acids is 2. The molecule has 1 saturated heterocycles. The maximum absolute atomic E-state index is 12.0. The standard InChI is InChI=1S/C15H18BrNO5/c1-20-14(18)10-8-13(17-9-3-5-22-6-4-9)11(7-12(10)16)15(19)21-2/h7-9,17H,3-6H2,1-2H3. The Balaban J connectivity index is 2.37. The molecule has 1 N–H and O–H groups in total. The number of halogens is 1. The highest BCUT2D eigenvalue weighted by atomic mass is 79.9. The molecule has 0 amide bonds. The van der Waals surface area contributed by atoms with Crippen molar-refractivity contribution in [3.05, 3.63) is 27.7 Å². The molecule has 0 saturated carbocycles. The zero-order chi connectivity index (χ0) is 16.1. The molecule has 0 unspecified atom stereocenters. The van der Waals surface area contributed by atoms with Crippen molar-refractivity contribution in [1.29, 1.82) is 0 Å². The molecule has 7 heteroatoms. The maximum atomic E-state index is 12.0. The lowest BCUT2D eigenvalue weighted by Gasteiger charge is -2.25. The van der Waals surface area contributed by atoms with E-state index in [1.165, 1.54) is 14.2 Å². The van der Waals surface area contributed by atoms with Crippen molar-refractivity contribution in [3.63, 3.8) is 0 Å². The first kappa shape index (κ1) is 16.8. The van der Waals surface area contributed by atoms with Gasteiger partial charge >= 0.3 is 11.9 Å². The van der Waals surface area contributed by atoms with Crippen molar-refractivity contribution >= 4 is 33.6 Å². The molecule has 1 fully saturated rings. The van der Waals surface area contributed by atoms with E-state index in [0.717, 1.165) is 12.8 Å². The number of rotatable bonds is 4. The van der Waals surface area contributed by atoms with Gasteiger partial charge in [-0.15, -0.1) is 0 Å². The van der Waals surface area contributed by atoms with E-state index in [2.05, 4.69) is 21.2 Å². The fourth-order valence-electron chi connectivity index (χ4n) is 2.30. The molecule has 1 aromatic rings. The van der Waals surface area contributed by atoms with Crippen LogP contribution in [0.1, 0.15) is 33.6 Å². The Labute approximate surface area is 137 Å². The molecule has 0 atom stereocenters. The number of hydrogen-bond acceptors (Lipinski definition) is 6. The summed E-state index contributed by atoms with van der Waals surface area (Å²) in [5, 5.41) is 3.30. The number of methoxy groups -OCH3 is 2. The number of hydrogen-bond donors (Lipinski definition) is 1. The SMILES string of the molecule is COC(=O)c1cc(NC2CCOCC2)c(C(=O)OC)cc1Br. The van der Waals surface area contributed by atoms with Crippen LogP contribution in [0.3, 0.4) is 0 Å². The van der Waals surface area contributed by atoms with Gasteiger partial charge in [0.25, 0.3) is 0 Å². The summed E-state index contributed by atoms with van der Waals surface area (Å²) in [7, 11) is 2.64. The van der Waals surface area contributed by atoms with Crippen LogP contribution in [-0.2, 0) is 14.2 Å². The third kappa shape index (κ3) is 3.78. The number of nitrogens with one attached hydrogen (secondary N) is 1. The summed E-state index contributed by atoms with van der Waals surface area (Å²) in [4.78, 5) is 23.8. The summed E-state index contributed by atoms with van der Waals surface area (Å²) in [5.74, 6) is -0.940. The second-order valence-electron chi connectivity index (χ2n) is 4.89. The van der Waals surface area contributed by atoms with Crippen LogP contribution in [0, 0.1) is 0 Å². The molecule has 2 rings (SSSR count). The van der Waals surface area contributed by atoms with E-state index in [1.54, 1.807) is 12.1 Å². The summed E-state index contributed by atoms with van der Waals surface area (Å²) in [6, 6.07) is 3.36. The van der Waals surface area contributed by atoms with Gasteiger partial charge in [0.15, 0.2) is 0 Å². The highest BCUT2D eigenvalue weighted by molar-refractivity contribution is 9.10. The molecule has 1 aromatic carbocycles. The number of anilines is 1. The molecule has 0 aromatic heterocycles. The topological polar surface area (TPSA) is 73.9 Å². The van der Waals surface area contributed by atoms with Gasteiger partial charge in [-0.05, 0) is 40.9 Å². The Bertz CT molecular complexity index is 569. The summed E-state index contributed by atoms with van der Waals surface area (Å²) in [6.45, 7) is 1.34. The predicted molar refractivity (Wildman–Crippen MR) is 84.3 cm³/mol. The number of esters is 2. The summed E-state index contributed by atoms with van der Waals surface area (Å²) in [6.07, 6.45) is 1.68. The highest BCUT2D eigenvalue weighted by Gasteiger charge is 2.22. The van der Waals surface area contributed by atoms with Gasteiger partial charge in [0.05, 0.1) is 25.3 Å². The van der Waals surface area contributed by atoms with Crippen molar-refractivity contribution in [2.75, 3.05) is 32.8 Å². The van der Waals surface area contributed by atoms with Gasteiger partial charge in [-0.3, -0.25) is 0 Å². The van der Waals surface area contributed by atoms with Crippen LogP contribution in [0.2, 0.25) is 0 Å². The molecule has 0 spiro atoms. The predicted octanol–water partition coefficient (Wildman–Crippen LogP) is 2.61. The zero-order valence-corrected chi connectivity index (χ0v) is 14.1. The first-order chi connectivity index (χ1) is 10.6. The molecule has 1 aliphatic rings. The first-order valence-corrected chi connectivity index (χ1v) is 7.70. The molecule has 0 bridgehead atoms. The minimum atomic E-state index is -0.474. The quantitative estimate of drug-likeness (QED) is 0.820. The monoisotopic (exact) mass is 371 g/mol. The Kier molecular flexibility index (Phi) is 5.79. The third-order valence-electron chi connectivity index (χ3n) is 3.50. The van der Waals surface area contributed by atoms with Crippen LogP contribution in [-0.4, -0.2) is 45.4 Å². The van der Waals surface area contributed by atoms with E-state index < -0.39 is 11.9 Å². The Morgan fingerprint density at radius 2 is 1.73 bits per heavy atom. The van der Waals surface area contributed by atoms with Gasteiger partial charge in [-0.1, -0.05) is 0 Å². The van der Waals surface area contributed by atoms with Gasteiger partial charge in [0.1, 0.15) is 0 Å². The van der Waals surface area contributed by atoms with Crippen LogP contribution in [0.25, 0.3) is 0 Å². The Morgan fingerprint density at radius 1 is 1.14 bits per heavy atom. The van der Waals surface area contributed by atoms with E-state index in [4.69, 9.17) is 14.2 Å². The van der Waals surface area contributed by atoms with Gasteiger partial charge < -0.3 is 19.5 Å². The largest absolute Gasteiger partial charge is 0.465 e. The third-order valence-corrected chi connectivity index (χ3v) is 4.15. The Morgan fingerprint density at radius 3 is 2.32 bits per heavy atom.